The van der Waals surface area contributed by atoms with Crippen molar-refractivity contribution in [2.75, 3.05) is 0 Å². The molecule has 0 amide bonds. The first-order chi connectivity index (χ1) is 9.61. The van der Waals surface area contributed by atoms with Gasteiger partial charge in [-0.05, 0) is 54.2 Å². The number of nitrogens with zero attached hydrogens (tertiary/aromatic N) is 1. The van der Waals surface area contributed by atoms with E-state index in [4.69, 9.17) is 9.52 Å². The maximum absolute atomic E-state index is 12.8. The highest BCUT2D eigenvalue weighted by Crippen LogP contribution is 2.30. The minimum atomic E-state index is -1.02. The summed E-state index contributed by atoms with van der Waals surface area (Å²) in [7, 11) is 0. The molecule has 6 heteroatoms. The van der Waals surface area contributed by atoms with Crippen LogP contribution in [0.15, 0.2) is 57.0 Å². The second-order valence-corrected chi connectivity index (χ2v) is 5.05. The summed E-state index contributed by atoms with van der Waals surface area (Å²) in [6.07, 6.45) is 0. The summed E-state index contributed by atoms with van der Waals surface area (Å²) in [4.78, 5) is 15.9. The number of halogens is 1. The summed E-state index contributed by atoms with van der Waals surface area (Å²) in [5.74, 6) is -1.32. The minimum absolute atomic E-state index is 0.145. The lowest BCUT2D eigenvalue weighted by atomic mass is 10.2. The van der Waals surface area contributed by atoms with Gasteiger partial charge in [0, 0.05) is 4.90 Å². The van der Waals surface area contributed by atoms with Crippen LogP contribution < -0.4 is 0 Å². The summed E-state index contributed by atoms with van der Waals surface area (Å²) < 4.78 is 18.3. The van der Waals surface area contributed by atoms with Crippen molar-refractivity contribution in [3.63, 3.8) is 0 Å². The van der Waals surface area contributed by atoms with Crippen LogP contribution in [0, 0.1) is 5.82 Å². The smallest absolute Gasteiger partial charge is 0.335 e. The van der Waals surface area contributed by atoms with Crippen molar-refractivity contribution in [3.8, 4) is 0 Å². The Morgan fingerprint density at radius 3 is 2.65 bits per heavy atom. The van der Waals surface area contributed by atoms with Gasteiger partial charge in [0.25, 0.3) is 5.22 Å². The average Bonchev–Trinajstić information content (AvgIpc) is 2.82. The largest absolute Gasteiger partial charge is 0.478 e. The van der Waals surface area contributed by atoms with E-state index >= 15 is 0 Å². The first-order valence-corrected chi connectivity index (χ1v) is 6.51. The minimum Gasteiger partial charge on any atom is -0.478 e. The molecule has 0 atom stereocenters. The highest BCUT2D eigenvalue weighted by Gasteiger charge is 2.10. The molecule has 3 aromatic rings. The number of fused-ring (bicyclic) bond motifs is 1. The SMILES string of the molecule is O=C(O)c1ccc2nc(Sc3ccc(F)cc3)oc2c1. The summed E-state index contributed by atoms with van der Waals surface area (Å²) in [5, 5.41) is 9.29. The molecule has 20 heavy (non-hydrogen) atoms. The molecule has 0 spiro atoms. The molecule has 1 N–H and O–H groups in total. The highest BCUT2D eigenvalue weighted by molar-refractivity contribution is 7.99. The summed E-state index contributed by atoms with van der Waals surface area (Å²) in [5.41, 5.74) is 1.14. The van der Waals surface area contributed by atoms with Gasteiger partial charge < -0.3 is 9.52 Å². The van der Waals surface area contributed by atoms with E-state index in [1.807, 2.05) is 0 Å². The Labute approximate surface area is 117 Å². The molecule has 0 fully saturated rings. The van der Waals surface area contributed by atoms with Gasteiger partial charge in [-0.1, -0.05) is 0 Å². The zero-order valence-electron chi connectivity index (χ0n) is 10.0. The zero-order chi connectivity index (χ0) is 14.1. The standard InChI is InChI=1S/C14H8FNO3S/c15-9-2-4-10(5-3-9)20-14-16-11-6-1-8(13(17)18)7-12(11)19-14/h1-7H,(H,17,18). The number of benzene rings is 2. The number of rotatable bonds is 3. The van der Waals surface area contributed by atoms with Gasteiger partial charge in [-0.3, -0.25) is 0 Å². The Hall–Kier alpha value is -2.34. The maximum Gasteiger partial charge on any atom is 0.335 e. The number of carboxylic acid groups (broad SMARTS) is 1. The molecule has 2 aromatic carbocycles. The lowest BCUT2D eigenvalue weighted by Crippen LogP contribution is -1.94. The molecule has 0 aliphatic heterocycles. The normalized spacial score (nSPS) is 10.8. The predicted molar refractivity (Wildman–Crippen MR) is 71.5 cm³/mol. The van der Waals surface area contributed by atoms with Crippen LogP contribution in [0.4, 0.5) is 4.39 Å². The number of hydrogen-bond donors (Lipinski definition) is 1. The quantitative estimate of drug-likeness (QED) is 0.794. The fraction of sp³-hybridized carbons (Fsp3) is 0. The molecule has 0 bridgehead atoms. The van der Waals surface area contributed by atoms with Crippen LogP contribution in [0.3, 0.4) is 0 Å². The van der Waals surface area contributed by atoms with Crippen molar-refractivity contribution in [2.24, 2.45) is 0 Å². The second-order valence-electron chi connectivity index (χ2n) is 4.02. The number of aromatic carboxylic acids is 1. The number of aromatic nitrogens is 1. The molecule has 0 unspecified atom stereocenters. The van der Waals surface area contributed by atoms with Crippen molar-refractivity contribution in [3.05, 3.63) is 53.8 Å². The molecule has 100 valence electrons. The number of carboxylic acids is 1. The number of hydrogen-bond acceptors (Lipinski definition) is 4. The molecule has 0 saturated heterocycles. The van der Waals surface area contributed by atoms with Crippen molar-refractivity contribution < 1.29 is 18.7 Å². The first-order valence-electron chi connectivity index (χ1n) is 5.69. The van der Waals surface area contributed by atoms with Gasteiger partial charge in [-0.15, -0.1) is 0 Å². The number of oxazole rings is 1. The molecular weight excluding hydrogens is 281 g/mol. The van der Waals surface area contributed by atoms with Gasteiger partial charge in [0.2, 0.25) is 0 Å². The summed E-state index contributed by atoms with van der Waals surface area (Å²) >= 11 is 1.24. The van der Waals surface area contributed by atoms with Crippen molar-refractivity contribution in [2.45, 2.75) is 10.1 Å². The topological polar surface area (TPSA) is 63.3 Å². The van der Waals surface area contributed by atoms with Crippen LogP contribution in [0.25, 0.3) is 11.1 Å². The molecule has 3 rings (SSSR count). The maximum atomic E-state index is 12.8. The third kappa shape index (κ3) is 2.50. The molecule has 0 radical (unpaired) electrons. The highest BCUT2D eigenvalue weighted by atomic mass is 32.2. The molecule has 0 aliphatic rings. The Kier molecular flexibility index (Phi) is 3.15. The van der Waals surface area contributed by atoms with Gasteiger partial charge in [0.05, 0.1) is 5.56 Å². The van der Waals surface area contributed by atoms with Crippen molar-refractivity contribution in [1.82, 2.24) is 4.98 Å². The van der Waals surface area contributed by atoms with E-state index in [1.54, 1.807) is 18.2 Å². The van der Waals surface area contributed by atoms with Crippen molar-refractivity contribution >= 4 is 28.8 Å². The van der Waals surface area contributed by atoms with Crippen LogP contribution in [0.1, 0.15) is 10.4 Å². The van der Waals surface area contributed by atoms with Crippen LogP contribution in [-0.2, 0) is 0 Å². The Morgan fingerprint density at radius 2 is 1.95 bits per heavy atom. The fourth-order valence-electron chi connectivity index (χ4n) is 1.68. The van der Waals surface area contributed by atoms with E-state index in [-0.39, 0.29) is 11.4 Å². The lowest BCUT2D eigenvalue weighted by molar-refractivity contribution is 0.0697. The average molecular weight is 289 g/mol. The van der Waals surface area contributed by atoms with Gasteiger partial charge in [-0.25, -0.2) is 14.2 Å². The molecular formula is C14H8FNO3S. The van der Waals surface area contributed by atoms with Gasteiger partial charge in [-0.2, -0.15) is 0 Å². The fourth-order valence-corrected chi connectivity index (χ4v) is 2.43. The molecule has 1 aromatic heterocycles. The van der Waals surface area contributed by atoms with Gasteiger partial charge >= 0.3 is 5.97 Å². The van der Waals surface area contributed by atoms with Crippen LogP contribution >= 0.6 is 11.8 Å². The van der Waals surface area contributed by atoms with Crippen LogP contribution in [-0.4, -0.2) is 16.1 Å². The molecule has 1 heterocycles. The van der Waals surface area contributed by atoms with E-state index in [2.05, 4.69) is 4.98 Å². The van der Waals surface area contributed by atoms with Gasteiger partial charge in [0.15, 0.2) is 5.58 Å². The van der Waals surface area contributed by atoms with Crippen molar-refractivity contribution in [1.29, 1.82) is 0 Å². The summed E-state index contributed by atoms with van der Waals surface area (Å²) in [6, 6.07) is 10.5. The van der Waals surface area contributed by atoms with Crippen LogP contribution in [0.5, 0.6) is 0 Å². The van der Waals surface area contributed by atoms with E-state index in [9.17, 15) is 9.18 Å². The lowest BCUT2D eigenvalue weighted by Gasteiger charge is -1.95. The third-order valence-electron chi connectivity index (χ3n) is 2.63. The van der Waals surface area contributed by atoms with E-state index in [1.165, 1.54) is 36.0 Å². The molecule has 4 nitrogen and oxygen atoms in total. The molecule has 0 aliphatic carbocycles. The van der Waals surface area contributed by atoms with Gasteiger partial charge in [0.1, 0.15) is 11.3 Å². The number of carbonyl (C=O) groups is 1. The first kappa shape index (κ1) is 12.7. The monoisotopic (exact) mass is 289 g/mol. The second kappa shape index (κ2) is 4.97. The zero-order valence-corrected chi connectivity index (χ0v) is 10.9. The summed E-state index contributed by atoms with van der Waals surface area (Å²) in [6.45, 7) is 0. The Bertz CT molecular complexity index is 783. The van der Waals surface area contributed by atoms with Crippen LogP contribution in [0.2, 0.25) is 0 Å². The Balaban J connectivity index is 1.92. The van der Waals surface area contributed by atoms with E-state index in [0.29, 0.717) is 16.3 Å². The predicted octanol–water partition coefficient (Wildman–Crippen LogP) is 3.82. The molecule has 0 saturated carbocycles. The third-order valence-corrected chi connectivity index (χ3v) is 3.49. The van der Waals surface area contributed by atoms with E-state index < -0.39 is 5.97 Å². The Morgan fingerprint density at radius 1 is 1.20 bits per heavy atom. The van der Waals surface area contributed by atoms with E-state index in [0.717, 1.165) is 4.90 Å².